The Morgan fingerprint density at radius 3 is 3.13 bits per heavy atom. The van der Waals surface area contributed by atoms with Gasteiger partial charge < -0.3 is 5.32 Å². The topological polar surface area (TPSA) is 12.0 Å². The molecule has 15 heavy (non-hydrogen) atoms. The maximum absolute atomic E-state index is 3.70. The van der Waals surface area contributed by atoms with Crippen LogP contribution in [0, 0.1) is 12.8 Å². The summed E-state index contributed by atoms with van der Waals surface area (Å²) in [6.45, 7) is 3.40. The van der Waals surface area contributed by atoms with E-state index in [0.717, 1.165) is 5.92 Å². The van der Waals surface area contributed by atoms with Crippen LogP contribution in [-0.4, -0.2) is 6.54 Å². The first-order chi connectivity index (χ1) is 7.34. The molecule has 2 unspecified atom stereocenters. The van der Waals surface area contributed by atoms with Gasteiger partial charge in [0.25, 0.3) is 0 Å². The molecule has 1 aliphatic heterocycles. The van der Waals surface area contributed by atoms with Crippen LogP contribution in [0.3, 0.4) is 0 Å². The van der Waals surface area contributed by atoms with Crippen LogP contribution in [0.15, 0.2) is 18.2 Å². The van der Waals surface area contributed by atoms with Crippen LogP contribution in [0.5, 0.6) is 0 Å². The maximum atomic E-state index is 3.70. The molecule has 1 aliphatic carbocycles. The molecule has 2 aliphatic rings. The molecule has 3 rings (SSSR count). The Morgan fingerprint density at radius 1 is 1.27 bits per heavy atom. The minimum atomic E-state index is 0.655. The third kappa shape index (κ3) is 1.59. The second-order valence-electron chi connectivity index (χ2n) is 5.08. The summed E-state index contributed by atoms with van der Waals surface area (Å²) < 4.78 is 0. The van der Waals surface area contributed by atoms with Crippen molar-refractivity contribution in [3.8, 4) is 0 Å². The van der Waals surface area contributed by atoms with E-state index < -0.39 is 0 Å². The van der Waals surface area contributed by atoms with Gasteiger partial charge in [-0.1, -0.05) is 23.8 Å². The molecule has 80 valence electrons. The highest BCUT2D eigenvalue weighted by atomic mass is 14.9. The minimum absolute atomic E-state index is 0.655. The van der Waals surface area contributed by atoms with Gasteiger partial charge in [-0.3, -0.25) is 0 Å². The molecule has 1 aromatic rings. The largest absolute Gasteiger partial charge is 0.310 e. The van der Waals surface area contributed by atoms with Crippen molar-refractivity contribution >= 4 is 0 Å². The van der Waals surface area contributed by atoms with Crippen LogP contribution in [0.4, 0.5) is 0 Å². The predicted octanol–water partition coefficient (Wildman–Crippen LogP) is 2.98. The Bertz CT molecular complexity index is 370. The number of benzene rings is 1. The molecule has 1 heterocycles. The Hall–Kier alpha value is -0.820. The number of nitrogens with one attached hydrogen (secondary N) is 1. The van der Waals surface area contributed by atoms with Crippen molar-refractivity contribution in [1.82, 2.24) is 5.32 Å². The summed E-state index contributed by atoms with van der Waals surface area (Å²) in [5, 5.41) is 3.70. The van der Waals surface area contributed by atoms with Crippen molar-refractivity contribution in [3.63, 3.8) is 0 Å². The Morgan fingerprint density at radius 2 is 2.20 bits per heavy atom. The molecule has 1 aromatic carbocycles. The molecule has 0 bridgehead atoms. The van der Waals surface area contributed by atoms with Gasteiger partial charge in [-0.2, -0.15) is 0 Å². The van der Waals surface area contributed by atoms with E-state index in [4.69, 9.17) is 0 Å². The number of hydrogen-bond acceptors (Lipinski definition) is 1. The highest BCUT2D eigenvalue weighted by Gasteiger charge is 2.30. The van der Waals surface area contributed by atoms with Gasteiger partial charge in [0.05, 0.1) is 0 Å². The molecule has 0 aromatic heterocycles. The zero-order valence-electron chi connectivity index (χ0n) is 9.42. The van der Waals surface area contributed by atoms with E-state index in [2.05, 4.69) is 30.4 Å². The van der Waals surface area contributed by atoms with Crippen molar-refractivity contribution < 1.29 is 0 Å². The highest BCUT2D eigenvalue weighted by molar-refractivity contribution is 5.36. The maximum Gasteiger partial charge on any atom is 0.0351 e. The molecule has 2 atom stereocenters. The van der Waals surface area contributed by atoms with Crippen molar-refractivity contribution in [2.75, 3.05) is 6.54 Å². The third-order valence-corrected chi connectivity index (χ3v) is 4.01. The van der Waals surface area contributed by atoms with Gasteiger partial charge in [0.2, 0.25) is 0 Å². The van der Waals surface area contributed by atoms with Crippen LogP contribution in [0.25, 0.3) is 0 Å². The monoisotopic (exact) mass is 201 g/mol. The van der Waals surface area contributed by atoms with Gasteiger partial charge in [-0.05, 0) is 56.2 Å². The zero-order chi connectivity index (χ0) is 10.3. The molecule has 1 nitrogen and oxygen atoms in total. The standard InChI is InChI=1S/C14H19N/c1-10-4-5-11-6-7-12-3-2-8-15-14(12)13(11)9-10/h4-5,9,12,14-15H,2-3,6-8H2,1H3. The van der Waals surface area contributed by atoms with Crippen LogP contribution in [0.1, 0.15) is 42.0 Å². The van der Waals surface area contributed by atoms with Crippen molar-refractivity contribution in [2.24, 2.45) is 5.92 Å². The van der Waals surface area contributed by atoms with Gasteiger partial charge >= 0.3 is 0 Å². The smallest absolute Gasteiger partial charge is 0.0351 e. The zero-order valence-corrected chi connectivity index (χ0v) is 9.42. The van der Waals surface area contributed by atoms with Crippen molar-refractivity contribution in [2.45, 2.75) is 38.6 Å². The van der Waals surface area contributed by atoms with E-state index in [-0.39, 0.29) is 0 Å². The number of aryl methyl sites for hydroxylation is 2. The van der Waals surface area contributed by atoms with E-state index in [9.17, 15) is 0 Å². The fourth-order valence-corrected chi connectivity index (χ4v) is 3.20. The molecule has 0 radical (unpaired) electrons. The van der Waals surface area contributed by atoms with Crippen molar-refractivity contribution in [1.29, 1.82) is 0 Å². The lowest BCUT2D eigenvalue weighted by Crippen LogP contribution is -2.37. The van der Waals surface area contributed by atoms with Crippen LogP contribution >= 0.6 is 0 Å². The lowest BCUT2D eigenvalue weighted by atomic mass is 9.75. The second-order valence-corrected chi connectivity index (χ2v) is 5.08. The molecule has 1 N–H and O–H groups in total. The first-order valence-corrected chi connectivity index (χ1v) is 6.17. The highest BCUT2D eigenvalue weighted by Crippen LogP contribution is 2.39. The van der Waals surface area contributed by atoms with Gasteiger partial charge in [-0.15, -0.1) is 0 Å². The Labute approximate surface area is 91.9 Å². The van der Waals surface area contributed by atoms with Gasteiger partial charge in [0.15, 0.2) is 0 Å². The van der Waals surface area contributed by atoms with Crippen LogP contribution in [0.2, 0.25) is 0 Å². The van der Waals surface area contributed by atoms with E-state index in [0.29, 0.717) is 6.04 Å². The molecule has 1 heteroatoms. The van der Waals surface area contributed by atoms with Crippen LogP contribution < -0.4 is 5.32 Å². The molecule has 1 saturated heterocycles. The van der Waals surface area contributed by atoms with E-state index in [1.165, 1.54) is 37.8 Å². The fraction of sp³-hybridized carbons (Fsp3) is 0.571. The number of fused-ring (bicyclic) bond motifs is 3. The summed E-state index contributed by atoms with van der Waals surface area (Å²) in [6, 6.07) is 7.63. The lowest BCUT2D eigenvalue weighted by Gasteiger charge is -2.38. The van der Waals surface area contributed by atoms with E-state index in [1.54, 1.807) is 11.1 Å². The molecule has 0 spiro atoms. The number of piperidine rings is 1. The minimum Gasteiger partial charge on any atom is -0.310 e. The van der Waals surface area contributed by atoms with Crippen LogP contribution in [-0.2, 0) is 6.42 Å². The predicted molar refractivity (Wildman–Crippen MR) is 63.0 cm³/mol. The SMILES string of the molecule is Cc1ccc2c(c1)C1NCCCC1CC2. The molecule has 1 fully saturated rings. The molecule has 0 amide bonds. The molecular weight excluding hydrogens is 182 g/mol. The lowest BCUT2D eigenvalue weighted by molar-refractivity contribution is 0.254. The number of hydrogen-bond donors (Lipinski definition) is 1. The molecular formula is C14H19N. The average molecular weight is 201 g/mol. The summed E-state index contributed by atoms with van der Waals surface area (Å²) in [5.41, 5.74) is 4.57. The fourth-order valence-electron chi connectivity index (χ4n) is 3.20. The van der Waals surface area contributed by atoms with Gasteiger partial charge in [0.1, 0.15) is 0 Å². The van der Waals surface area contributed by atoms with Crippen molar-refractivity contribution in [3.05, 3.63) is 34.9 Å². The first-order valence-electron chi connectivity index (χ1n) is 6.17. The normalized spacial score (nSPS) is 29.4. The second kappa shape index (κ2) is 3.64. The number of rotatable bonds is 0. The van der Waals surface area contributed by atoms with E-state index in [1.807, 2.05) is 0 Å². The van der Waals surface area contributed by atoms with Gasteiger partial charge in [-0.25, -0.2) is 0 Å². The summed E-state index contributed by atoms with van der Waals surface area (Å²) >= 11 is 0. The average Bonchev–Trinajstić information content (AvgIpc) is 2.29. The first kappa shape index (κ1) is 9.41. The quantitative estimate of drug-likeness (QED) is 0.680. The summed E-state index contributed by atoms with van der Waals surface area (Å²) in [5.74, 6) is 0.896. The Kier molecular flexibility index (Phi) is 2.28. The summed E-state index contributed by atoms with van der Waals surface area (Å²) in [4.78, 5) is 0. The van der Waals surface area contributed by atoms with Gasteiger partial charge in [0, 0.05) is 6.04 Å². The summed E-state index contributed by atoms with van der Waals surface area (Å²) in [6.07, 6.45) is 5.46. The van der Waals surface area contributed by atoms with E-state index >= 15 is 0 Å². The summed E-state index contributed by atoms with van der Waals surface area (Å²) in [7, 11) is 0. The third-order valence-electron chi connectivity index (χ3n) is 4.01. The molecule has 0 saturated carbocycles. The Balaban J connectivity index is 2.01.